The zero-order valence-corrected chi connectivity index (χ0v) is 11.9. The molecule has 100 valence electrons. The molecular formula is C13H21ClN4. The highest BCUT2D eigenvalue weighted by molar-refractivity contribution is 6.16. The summed E-state index contributed by atoms with van der Waals surface area (Å²) in [6, 6.07) is 3.97. The van der Waals surface area contributed by atoms with E-state index in [4.69, 9.17) is 11.6 Å². The van der Waals surface area contributed by atoms with Crippen LogP contribution < -0.4 is 4.90 Å². The molecule has 0 radical (unpaired) electrons. The molecule has 1 aliphatic rings. The molecule has 1 saturated heterocycles. The summed E-state index contributed by atoms with van der Waals surface area (Å²) in [5.41, 5.74) is 0.832. The largest absolute Gasteiger partial charge is 0.353 e. The number of alkyl halides is 1. The zero-order valence-electron chi connectivity index (χ0n) is 11.1. The quantitative estimate of drug-likeness (QED) is 0.782. The molecule has 0 amide bonds. The molecule has 0 aromatic carbocycles. The van der Waals surface area contributed by atoms with Crippen molar-refractivity contribution >= 4 is 17.4 Å². The first-order valence-electron chi connectivity index (χ1n) is 6.55. The number of hydrogen-bond acceptors (Lipinski definition) is 4. The van der Waals surface area contributed by atoms with Crippen molar-refractivity contribution in [3.63, 3.8) is 0 Å². The molecular weight excluding hydrogens is 248 g/mol. The van der Waals surface area contributed by atoms with E-state index in [0.717, 1.165) is 43.6 Å². The van der Waals surface area contributed by atoms with E-state index in [0.29, 0.717) is 5.88 Å². The summed E-state index contributed by atoms with van der Waals surface area (Å²) in [4.78, 5) is 4.81. The number of piperazine rings is 1. The van der Waals surface area contributed by atoms with E-state index < -0.39 is 0 Å². The van der Waals surface area contributed by atoms with Crippen molar-refractivity contribution in [1.29, 1.82) is 0 Å². The van der Waals surface area contributed by atoms with E-state index >= 15 is 0 Å². The predicted molar refractivity (Wildman–Crippen MR) is 75.1 cm³/mol. The summed E-state index contributed by atoms with van der Waals surface area (Å²) in [7, 11) is 0. The van der Waals surface area contributed by atoms with Crippen LogP contribution in [0, 0.1) is 5.92 Å². The van der Waals surface area contributed by atoms with Crippen LogP contribution in [0.4, 0.5) is 5.82 Å². The van der Waals surface area contributed by atoms with Crippen molar-refractivity contribution in [1.82, 2.24) is 15.1 Å². The van der Waals surface area contributed by atoms with Crippen LogP contribution in [0.1, 0.15) is 19.5 Å². The van der Waals surface area contributed by atoms with Crippen LogP contribution in [0.3, 0.4) is 0 Å². The second-order valence-electron chi connectivity index (χ2n) is 5.20. The molecule has 0 atom stereocenters. The third-order valence-corrected chi connectivity index (χ3v) is 3.44. The number of hydrogen-bond donors (Lipinski definition) is 0. The normalized spacial score (nSPS) is 17.4. The third-order valence-electron chi connectivity index (χ3n) is 3.16. The molecule has 0 aliphatic carbocycles. The Morgan fingerprint density at radius 3 is 2.39 bits per heavy atom. The standard InChI is InChI=1S/C13H21ClN4/c1-11(2)10-17-5-7-18(8-6-17)13-4-3-12(9-14)15-16-13/h3-4,11H,5-10H2,1-2H3. The Bertz CT molecular complexity index is 358. The highest BCUT2D eigenvalue weighted by Gasteiger charge is 2.18. The number of halogens is 1. The number of anilines is 1. The number of aromatic nitrogens is 2. The lowest BCUT2D eigenvalue weighted by atomic mass is 10.2. The van der Waals surface area contributed by atoms with Crippen LogP contribution in [-0.4, -0.2) is 47.8 Å². The van der Waals surface area contributed by atoms with Crippen molar-refractivity contribution in [3.8, 4) is 0 Å². The molecule has 18 heavy (non-hydrogen) atoms. The fourth-order valence-electron chi connectivity index (χ4n) is 2.27. The highest BCUT2D eigenvalue weighted by Crippen LogP contribution is 2.14. The SMILES string of the molecule is CC(C)CN1CCN(c2ccc(CCl)nn2)CC1. The molecule has 1 aliphatic heterocycles. The lowest BCUT2D eigenvalue weighted by Crippen LogP contribution is -2.47. The van der Waals surface area contributed by atoms with Gasteiger partial charge in [0.15, 0.2) is 5.82 Å². The summed E-state index contributed by atoms with van der Waals surface area (Å²) in [5.74, 6) is 2.13. The second-order valence-corrected chi connectivity index (χ2v) is 5.47. The molecule has 1 aromatic heterocycles. The topological polar surface area (TPSA) is 32.3 Å². The molecule has 4 nitrogen and oxygen atoms in total. The van der Waals surface area contributed by atoms with Gasteiger partial charge in [-0.2, -0.15) is 5.10 Å². The molecule has 1 fully saturated rings. The fourth-order valence-corrected chi connectivity index (χ4v) is 2.41. The summed E-state index contributed by atoms with van der Waals surface area (Å²) < 4.78 is 0. The lowest BCUT2D eigenvalue weighted by molar-refractivity contribution is 0.231. The van der Waals surface area contributed by atoms with Crippen LogP contribution in [-0.2, 0) is 5.88 Å². The van der Waals surface area contributed by atoms with Crippen LogP contribution >= 0.6 is 11.6 Å². The summed E-state index contributed by atoms with van der Waals surface area (Å²) in [6.45, 7) is 9.99. The Kier molecular flexibility index (Phi) is 4.78. The summed E-state index contributed by atoms with van der Waals surface area (Å²) >= 11 is 5.71. The van der Waals surface area contributed by atoms with Gasteiger partial charge in [-0.1, -0.05) is 13.8 Å². The average Bonchev–Trinajstić information content (AvgIpc) is 2.39. The van der Waals surface area contributed by atoms with E-state index in [1.165, 1.54) is 6.54 Å². The monoisotopic (exact) mass is 268 g/mol. The fraction of sp³-hybridized carbons (Fsp3) is 0.692. The Labute approximate surface area is 114 Å². The average molecular weight is 269 g/mol. The molecule has 0 bridgehead atoms. The Morgan fingerprint density at radius 1 is 1.17 bits per heavy atom. The van der Waals surface area contributed by atoms with E-state index in [2.05, 4.69) is 33.8 Å². The lowest BCUT2D eigenvalue weighted by Gasteiger charge is -2.35. The van der Waals surface area contributed by atoms with Crippen molar-refractivity contribution in [3.05, 3.63) is 17.8 Å². The van der Waals surface area contributed by atoms with E-state index in [-0.39, 0.29) is 0 Å². The van der Waals surface area contributed by atoms with Gasteiger partial charge in [0.05, 0.1) is 11.6 Å². The Morgan fingerprint density at radius 2 is 1.89 bits per heavy atom. The van der Waals surface area contributed by atoms with Gasteiger partial charge in [0, 0.05) is 32.7 Å². The van der Waals surface area contributed by atoms with Crippen molar-refractivity contribution in [2.75, 3.05) is 37.6 Å². The van der Waals surface area contributed by atoms with Crippen LogP contribution in [0.25, 0.3) is 0 Å². The van der Waals surface area contributed by atoms with Crippen LogP contribution in [0.15, 0.2) is 12.1 Å². The maximum atomic E-state index is 5.71. The molecule has 0 unspecified atom stereocenters. The zero-order chi connectivity index (χ0) is 13.0. The van der Waals surface area contributed by atoms with E-state index in [1.807, 2.05) is 12.1 Å². The van der Waals surface area contributed by atoms with Gasteiger partial charge < -0.3 is 4.90 Å². The second kappa shape index (κ2) is 6.34. The van der Waals surface area contributed by atoms with Gasteiger partial charge in [-0.15, -0.1) is 16.7 Å². The van der Waals surface area contributed by atoms with Gasteiger partial charge in [0.2, 0.25) is 0 Å². The van der Waals surface area contributed by atoms with Gasteiger partial charge in [-0.25, -0.2) is 0 Å². The van der Waals surface area contributed by atoms with E-state index in [9.17, 15) is 0 Å². The Balaban J connectivity index is 1.88. The molecule has 5 heteroatoms. The van der Waals surface area contributed by atoms with Gasteiger partial charge in [-0.3, -0.25) is 4.90 Å². The number of nitrogens with zero attached hydrogens (tertiary/aromatic N) is 4. The predicted octanol–water partition coefficient (Wildman–Crippen LogP) is 1.99. The minimum absolute atomic E-state index is 0.426. The molecule has 0 N–H and O–H groups in total. The summed E-state index contributed by atoms with van der Waals surface area (Å²) in [5, 5.41) is 8.33. The van der Waals surface area contributed by atoms with Crippen molar-refractivity contribution in [2.24, 2.45) is 5.92 Å². The van der Waals surface area contributed by atoms with Crippen molar-refractivity contribution in [2.45, 2.75) is 19.7 Å². The maximum absolute atomic E-state index is 5.71. The van der Waals surface area contributed by atoms with Gasteiger partial charge >= 0.3 is 0 Å². The Hall–Kier alpha value is -0.870. The third kappa shape index (κ3) is 3.56. The maximum Gasteiger partial charge on any atom is 0.151 e. The van der Waals surface area contributed by atoms with Gasteiger partial charge in [0.25, 0.3) is 0 Å². The minimum atomic E-state index is 0.426. The van der Waals surface area contributed by atoms with Crippen LogP contribution in [0.5, 0.6) is 0 Å². The first kappa shape index (κ1) is 13.6. The van der Waals surface area contributed by atoms with Gasteiger partial charge in [0.1, 0.15) is 0 Å². The molecule has 1 aromatic rings. The summed E-state index contributed by atoms with van der Waals surface area (Å²) in [6.07, 6.45) is 0. The molecule has 0 saturated carbocycles. The number of rotatable bonds is 4. The first-order valence-corrected chi connectivity index (χ1v) is 7.08. The van der Waals surface area contributed by atoms with Crippen LogP contribution in [0.2, 0.25) is 0 Å². The first-order chi connectivity index (χ1) is 8.69. The van der Waals surface area contributed by atoms with Crippen molar-refractivity contribution < 1.29 is 0 Å². The highest BCUT2D eigenvalue weighted by atomic mass is 35.5. The smallest absolute Gasteiger partial charge is 0.151 e. The molecule has 2 heterocycles. The van der Waals surface area contributed by atoms with Gasteiger partial charge in [-0.05, 0) is 18.1 Å². The minimum Gasteiger partial charge on any atom is -0.353 e. The molecule has 0 spiro atoms. The molecule has 2 rings (SSSR count). The van der Waals surface area contributed by atoms with E-state index in [1.54, 1.807) is 0 Å².